The van der Waals surface area contributed by atoms with E-state index < -0.39 is 0 Å². The molecule has 1 aliphatic heterocycles. The minimum atomic E-state index is -0.241. The van der Waals surface area contributed by atoms with Crippen molar-refractivity contribution in [2.24, 2.45) is 0 Å². The summed E-state index contributed by atoms with van der Waals surface area (Å²) in [7, 11) is 1.59. The summed E-state index contributed by atoms with van der Waals surface area (Å²) in [5, 5.41) is 3.09. The van der Waals surface area contributed by atoms with Gasteiger partial charge in [0, 0.05) is 31.7 Å². The van der Waals surface area contributed by atoms with Crippen LogP contribution in [0.4, 0.5) is 0 Å². The van der Waals surface area contributed by atoms with Gasteiger partial charge in [-0.25, -0.2) is 0 Å². The molecule has 29 heavy (non-hydrogen) atoms. The van der Waals surface area contributed by atoms with E-state index in [1.807, 2.05) is 61.2 Å². The number of amides is 2. The molecule has 2 aromatic carbocycles. The summed E-state index contributed by atoms with van der Waals surface area (Å²) in [6, 6.07) is 16.9. The molecule has 0 saturated carbocycles. The zero-order valence-corrected chi connectivity index (χ0v) is 17.3. The number of nitrogens with one attached hydrogen (secondary N) is 1. The molecule has 154 valence electrons. The van der Waals surface area contributed by atoms with Gasteiger partial charge in [0.1, 0.15) is 5.75 Å². The minimum Gasteiger partial charge on any atom is -0.497 e. The Balaban J connectivity index is 1.52. The van der Waals surface area contributed by atoms with Gasteiger partial charge in [-0.05, 0) is 37.6 Å². The Morgan fingerprint density at radius 2 is 1.66 bits per heavy atom. The third kappa shape index (κ3) is 5.15. The lowest BCUT2D eigenvalue weighted by molar-refractivity contribution is -0.127. The number of hydrogen-bond acceptors (Lipinski definition) is 4. The molecule has 0 aromatic heterocycles. The van der Waals surface area contributed by atoms with Crippen LogP contribution in [0.3, 0.4) is 0 Å². The average Bonchev–Trinajstić information content (AvgIpc) is 2.78. The van der Waals surface area contributed by atoms with Gasteiger partial charge in [0.05, 0.1) is 19.2 Å². The first-order valence-corrected chi connectivity index (χ1v) is 10.0. The molecule has 0 bridgehead atoms. The fraction of sp³-hybridized carbons (Fsp3) is 0.391. The molecule has 1 saturated heterocycles. The molecule has 2 amide bonds. The van der Waals surface area contributed by atoms with E-state index in [4.69, 9.17) is 4.74 Å². The summed E-state index contributed by atoms with van der Waals surface area (Å²) in [5.41, 5.74) is 1.71. The molecular weight excluding hydrogens is 366 g/mol. The van der Waals surface area contributed by atoms with Crippen molar-refractivity contribution < 1.29 is 14.3 Å². The fourth-order valence-corrected chi connectivity index (χ4v) is 3.58. The molecule has 0 radical (unpaired) electrons. The van der Waals surface area contributed by atoms with Crippen LogP contribution in [0.2, 0.25) is 0 Å². The second kappa shape index (κ2) is 9.56. The number of rotatable bonds is 6. The van der Waals surface area contributed by atoms with Crippen LogP contribution in [-0.4, -0.2) is 60.9 Å². The van der Waals surface area contributed by atoms with Crippen LogP contribution in [0.25, 0.3) is 0 Å². The van der Waals surface area contributed by atoms with E-state index >= 15 is 0 Å². The number of ether oxygens (including phenoxy) is 1. The summed E-state index contributed by atoms with van der Waals surface area (Å²) < 4.78 is 5.21. The molecule has 2 atom stereocenters. The molecular formula is C23H29N3O3. The summed E-state index contributed by atoms with van der Waals surface area (Å²) in [5.74, 6) is 0.680. The molecule has 0 aliphatic carbocycles. The summed E-state index contributed by atoms with van der Waals surface area (Å²) in [4.78, 5) is 29.4. The van der Waals surface area contributed by atoms with Gasteiger partial charge in [0.2, 0.25) is 5.91 Å². The van der Waals surface area contributed by atoms with Crippen molar-refractivity contribution in [1.29, 1.82) is 0 Å². The van der Waals surface area contributed by atoms with Crippen molar-refractivity contribution >= 4 is 11.8 Å². The molecule has 2 aromatic rings. The second-order valence-electron chi connectivity index (χ2n) is 7.38. The lowest BCUT2D eigenvalue weighted by atomic mass is 10.1. The Morgan fingerprint density at radius 1 is 0.966 bits per heavy atom. The molecule has 1 heterocycles. The normalized spacial score (nSPS) is 16.7. The van der Waals surface area contributed by atoms with E-state index in [2.05, 4.69) is 10.2 Å². The number of benzene rings is 2. The van der Waals surface area contributed by atoms with E-state index in [9.17, 15) is 9.59 Å². The Kier molecular flexibility index (Phi) is 6.88. The maximum absolute atomic E-state index is 12.8. The smallest absolute Gasteiger partial charge is 0.254 e. The predicted octanol–water partition coefficient (Wildman–Crippen LogP) is 2.72. The van der Waals surface area contributed by atoms with Crippen LogP contribution in [0.5, 0.6) is 5.75 Å². The average molecular weight is 396 g/mol. The Bertz CT molecular complexity index is 832. The van der Waals surface area contributed by atoms with Crippen LogP contribution in [0.1, 0.15) is 35.8 Å². The monoisotopic (exact) mass is 395 g/mol. The standard InChI is InChI=1S/C23H29N3O3/c1-17(19-8-5-4-6-9-19)24-22(27)18(2)25-12-14-26(15-13-25)23(28)20-10-7-11-21(16-20)29-3/h4-11,16-18H,12-15H2,1-3H3,(H,24,27). The van der Waals surface area contributed by atoms with Crippen molar-refractivity contribution in [2.75, 3.05) is 33.3 Å². The van der Waals surface area contributed by atoms with Crippen LogP contribution in [-0.2, 0) is 4.79 Å². The highest BCUT2D eigenvalue weighted by molar-refractivity contribution is 5.94. The number of hydrogen-bond donors (Lipinski definition) is 1. The molecule has 0 spiro atoms. The van der Waals surface area contributed by atoms with Gasteiger partial charge < -0.3 is 15.0 Å². The molecule has 6 nitrogen and oxygen atoms in total. The predicted molar refractivity (Wildman–Crippen MR) is 113 cm³/mol. The van der Waals surface area contributed by atoms with Gasteiger partial charge in [-0.15, -0.1) is 0 Å². The zero-order chi connectivity index (χ0) is 20.8. The van der Waals surface area contributed by atoms with Crippen LogP contribution < -0.4 is 10.1 Å². The number of carbonyl (C=O) groups is 2. The molecule has 3 rings (SSSR count). The first-order valence-electron chi connectivity index (χ1n) is 10.0. The SMILES string of the molecule is COc1cccc(C(=O)N2CCN(C(C)C(=O)NC(C)c3ccccc3)CC2)c1. The van der Waals surface area contributed by atoms with Crippen molar-refractivity contribution in [3.8, 4) is 5.75 Å². The summed E-state index contributed by atoms with van der Waals surface area (Å²) in [6.07, 6.45) is 0. The number of nitrogens with zero attached hydrogens (tertiary/aromatic N) is 2. The van der Waals surface area contributed by atoms with Gasteiger partial charge in [-0.1, -0.05) is 36.4 Å². The molecule has 1 aliphatic rings. The third-order valence-electron chi connectivity index (χ3n) is 5.50. The van der Waals surface area contributed by atoms with Gasteiger partial charge in [-0.3, -0.25) is 14.5 Å². The number of carbonyl (C=O) groups excluding carboxylic acids is 2. The van der Waals surface area contributed by atoms with Gasteiger partial charge in [0.25, 0.3) is 5.91 Å². The second-order valence-corrected chi connectivity index (χ2v) is 7.38. The zero-order valence-electron chi connectivity index (χ0n) is 17.3. The van der Waals surface area contributed by atoms with Gasteiger partial charge >= 0.3 is 0 Å². The maximum atomic E-state index is 12.8. The summed E-state index contributed by atoms with van der Waals surface area (Å²) in [6.45, 7) is 6.45. The number of methoxy groups -OCH3 is 1. The highest BCUT2D eigenvalue weighted by Gasteiger charge is 2.28. The van der Waals surface area contributed by atoms with E-state index in [1.54, 1.807) is 19.2 Å². The van der Waals surface area contributed by atoms with Crippen molar-refractivity contribution in [3.05, 3.63) is 65.7 Å². The van der Waals surface area contributed by atoms with E-state index in [-0.39, 0.29) is 23.9 Å². The highest BCUT2D eigenvalue weighted by atomic mass is 16.5. The van der Waals surface area contributed by atoms with Gasteiger partial charge in [0.15, 0.2) is 0 Å². The molecule has 2 unspecified atom stereocenters. The van der Waals surface area contributed by atoms with Crippen LogP contribution >= 0.6 is 0 Å². The molecule has 1 fully saturated rings. The van der Waals surface area contributed by atoms with E-state index in [0.29, 0.717) is 37.5 Å². The van der Waals surface area contributed by atoms with Gasteiger partial charge in [-0.2, -0.15) is 0 Å². The van der Waals surface area contributed by atoms with Crippen molar-refractivity contribution in [1.82, 2.24) is 15.1 Å². The Morgan fingerprint density at radius 3 is 2.31 bits per heavy atom. The minimum absolute atomic E-state index is 0.00152. The maximum Gasteiger partial charge on any atom is 0.254 e. The topological polar surface area (TPSA) is 61.9 Å². The Hall–Kier alpha value is -2.86. The highest BCUT2D eigenvalue weighted by Crippen LogP contribution is 2.17. The van der Waals surface area contributed by atoms with E-state index in [0.717, 1.165) is 5.56 Å². The third-order valence-corrected chi connectivity index (χ3v) is 5.50. The van der Waals surface area contributed by atoms with Crippen molar-refractivity contribution in [2.45, 2.75) is 25.9 Å². The Labute approximate surface area is 172 Å². The lowest BCUT2D eigenvalue weighted by Gasteiger charge is -2.37. The van der Waals surface area contributed by atoms with E-state index in [1.165, 1.54) is 0 Å². The quantitative estimate of drug-likeness (QED) is 0.817. The lowest BCUT2D eigenvalue weighted by Crippen LogP contribution is -2.55. The largest absolute Gasteiger partial charge is 0.497 e. The van der Waals surface area contributed by atoms with Crippen LogP contribution in [0, 0.1) is 0 Å². The van der Waals surface area contributed by atoms with Crippen LogP contribution in [0.15, 0.2) is 54.6 Å². The molecule has 1 N–H and O–H groups in total. The number of piperazine rings is 1. The first kappa shape index (κ1) is 20.9. The van der Waals surface area contributed by atoms with Crippen molar-refractivity contribution in [3.63, 3.8) is 0 Å². The molecule has 6 heteroatoms. The fourth-order valence-electron chi connectivity index (χ4n) is 3.58. The first-order chi connectivity index (χ1) is 14.0. The summed E-state index contributed by atoms with van der Waals surface area (Å²) >= 11 is 0.